The summed E-state index contributed by atoms with van der Waals surface area (Å²) in [5, 5.41) is 5.19. The number of rotatable bonds is 4. The molecule has 0 unspecified atom stereocenters. The molecule has 0 bridgehead atoms. The predicted octanol–water partition coefficient (Wildman–Crippen LogP) is 4.08. The summed E-state index contributed by atoms with van der Waals surface area (Å²) in [4.78, 5) is 11.9. The Hall–Kier alpha value is -2.50. The molecule has 0 spiro atoms. The Morgan fingerprint density at radius 1 is 1.00 bits per heavy atom. The van der Waals surface area contributed by atoms with Gasteiger partial charge in [0.15, 0.2) is 17.5 Å². The summed E-state index contributed by atoms with van der Waals surface area (Å²) < 4.78 is 39.5. The molecule has 0 saturated carbocycles. The predicted molar refractivity (Wildman–Crippen MR) is 84.1 cm³/mol. The summed E-state index contributed by atoms with van der Waals surface area (Å²) in [6.45, 7) is 5.68. The van der Waals surface area contributed by atoms with Crippen LogP contribution in [0.2, 0.25) is 0 Å². The fraction of sp³-hybridized carbons (Fsp3) is 0.235. The van der Waals surface area contributed by atoms with Crippen molar-refractivity contribution in [1.29, 1.82) is 0 Å². The van der Waals surface area contributed by atoms with Gasteiger partial charge >= 0.3 is 0 Å². The molecular formula is C17H17F3N2O. The first-order valence-electron chi connectivity index (χ1n) is 7.04. The summed E-state index contributed by atoms with van der Waals surface area (Å²) >= 11 is 0. The Bertz CT molecular complexity index is 737. The smallest absolute Gasteiger partial charge is 0.243 e. The lowest BCUT2D eigenvalue weighted by Gasteiger charge is -2.14. The van der Waals surface area contributed by atoms with E-state index in [0.29, 0.717) is 0 Å². The highest BCUT2D eigenvalue weighted by molar-refractivity contribution is 5.94. The number of hydrogen-bond acceptors (Lipinski definition) is 2. The SMILES string of the molecule is Cc1cc(C)c(NCC(=O)Nc2ccc(F)c(F)c2F)c(C)c1. The van der Waals surface area contributed by atoms with Gasteiger partial charge in [0.25, 0.3) is 0 Å². The van der Waals surface area contributed by atoms with Gasteiger partial charge in [-0.25, -0.2) is 13.2 Å². The van der Waals surface area contributed by atoms with Crippen molar-refractivity contribution in [2.45, 2.75) is 20.8 Å². The lowest BCUT2D eigenvalue weighted by atomic mass is 10.1. The first-order valence-corrected chi connectivity index (χ1v) is 7.04. The van der Waals surface area contributed by atoms with Crippen LogP contribution in [0.25, 0.3) is 0 Å². The van der Waals surface area contributed by atoms with Gasteiger partial charge in [0, 0.05) is 5.69 Å². The minimum Gasteiger partial charge on any atom is -0.376 e. The molecule has 2 rings (SSSR count). The molecule has 0 aliphatic rings. The average Bonchev–Trinajstić information content (AvgIpc) is 2.47. The molecule has 2 N–H and O–H groups in total. The van der Waals surface area contributed by atoms with Gasteiger partial charge in [-0.1, -0.05) is 17.7 Å². The Kier molecular flexibility index (Phi) is 4.93. The molecule has 0 radical (unpaired) electrons. The third kappa shape index (κ3) is 3.83. The van der Waals surface area contributed by atoms with Gasteiger partial charge in [0.1, 0.15) is 0 Å². The van der Waals surface area contributed by atoms with Crippen LogP contribution in [-0.2, 0) is 4.79 Å². The van der Waals surface area contributed by atoms with E-state index >= 15 is 0 Å². The quantitative estimate of drug-likeness (QED) is 0.833. The molecular weight excluding hydrogens is 305 g/mol. The molecule has 0 atom stereocenters. The average molecular weight is 322 g/mol. The molecule has 0 fully saturated rings. The Morgan fingerprint density at radius 3 is 2.22 bits per heavy atom. The van der Waals surface area contributed by atoms with Gasteiger partial charge in [-0.15, -0.1) is 0 Å². The molecule has 6 heteroatoms. The Morgan fingerprint density at radius 2 is 1.61 bits per heavy atom. The van der Waals surface area contributed by atoms with Crippen molar-refractivity contribution in [2.75, 3.05) is 17.2 Å². The number of carbonyl (C=O) groups excluding carboxylic acids is 1. The summed E-state index contributed by atoms with van der Waals surface area (Å²) in [6.07, 6.45) is 0. The number of anilines is 2. The van der Waals surface area contributed by atoms with E-state index in [0.717, 1.165) is 34.5 Å². The standard InChI is InChI=1S/C17H17F3N2O/c1-9-6-10(2)17(11(3)7-9)21-8-14(23)22-13-5-4-12(18)15(19)16(13)20/h4-7,21H,8H2,1-3H3,(H,22,23). The number of hydrogen-bond donors (Lipinski definition) is 2. The van der Waals surface area contributed by atoms with Crippen molar-refractivity contribution in [1.82, 2.24) is 0 Å². The van der Waals surface area contributed by atoms with Crippen molar-refractivity contribution in [3.63, 3.8) is 0 Å². The lowest BCUT2D eigenvalue weighted by Crippen LogP contribution is -2.23. The molecule has 122 valence electrons. The number of benzene rings is 2. The van der Waals surface area contributed by atoms with Gasteiger partial charge in [0.2, 0.25) is 5.91 Å². The van der Waals surface area contributed by atoms with Crippen molar-refractivity contribution in [3.8, 4) is 0 Å². The van der Waals surface area contributed by atoms with E-state index in [1.807, 2.05) is 32.9 Å². The Labute approximate surface area is 132 Å². The van der Waals surface area contributed by atoms with Crippen LogP contribution in [0.15, 0.2) is 24.3 Å². The van der Waals surface area contributed by atoms with Crippen molar-refractivity contribution in [3.05, 3.63) is 58.4 Å². The van der Waals surface area contributed by atoms with Crippen LogP contribution < -0.4 is 10.6 Å². The summed E-state index contributed by atoms with van der Waals surface area (Å²) in [5.41, 5.74) is 3.49. The fourth-order valence-electron chi connectivity index (χ4n) is 2.44. The maximum Gasteiger partial charge on any atom is 0.243 e. The van der Waals surface area contributed by atoms with Crippen LogP contribution in [0.3, 0.4) is 0 Å². The van der Waals surface area contributed by atoms with Crippen LogP contribution in [0, 0.1) is 38.2 Å². The van der Waals surface area contributed by atoms with Gasteiger partial charge in [-0.3, -0.25) is 4.79 Å². The second-order valence-electron chi connectivity index (χ2n) is 5.40. The molecule has 1 amide bonds. The van der Waals surface area contributed by atoms with Crippen LogP contribution >= 0.6 is 0 Å². The second kappa shape index (κ2) is 6.73. The number of halogens is 3. The monoisotopic (exact) mass is 322 g/mol. The number of amides is 1. The van der Waals surface area contributed by atoms with E-state index in [9.17, 15) is 18.0 Å². The zero-order chi connectivity index (χ0) is 17.1. The topological polar surface area (TPSA) is 41.1 Å². The molecule has 2 aromatic carbocycles. The fourth-order valence-corrected chi connectivity index (χ4v) is 2.44. The first kappa shape index (κ1) is 16.9. The number of carbonyl (C=O) groups is 1. The van der Waals surface area contributed by atoms with Crippen molar-refractivity contribution in [2.24, 2.45) is 0 Å². The third-order valence-corrected chi connectivity index (χ3v) is 3.41. The summed E-state index contributed by atoms with van der Waals surface area (Å²) in [6, 6.07) is 5.69. The largest absolute Gasteiger partial charge is 0.376 e. The van der Waals surface area contributed by atoms with Gasteiger partial charge in [0.05, 0.1) is 12.2 Å². The van der Waals surface area contributed by atoms with Gasteiger partial charge in [-0.2, -0.15) is 0 Å². The molecule has 0 heterocycles. The highest BCUT2D eigenvalue weighted by Crippen LogP contribution is 2.22. The summed E-state index contributed by atoms with van der Waals surface area (Å²) in [5.74, 6) is -4.89. The van der Waals surface area contributed by atoms with Gasteiger partial charge < -0.3 is 10.6 Å². The molecule has 0 aliphatic heterocycles. The highest BCUT2D eigenvalue weighted by atomic mass is 19.2. The molecule has 0 saturated heterocycles. The number of nitrogens with one attached hydrogen (secondary N) is 2. The van der Waals surface area contributed by atoms with E-state index < -0.39 is 29.0 Å². The maximum atomic E-state index is 13.5. The molecule has 3 nitrogen and oxygen atoms in total. The molecule has 2 aromatic rings. The lowest BCUT2D eigenvalue weighted by molar-refractivity contribution is -0.114. The minimum atomic E-state index is -1.61. The molecule has 0 aromatic heterocycles. The number of aryl methyl sites for hydroxylation is 3. The highest BCUT2D eigenvalue weighted by Gasteiger charge is 2.15. The maximum absolute atomic E-state index is 13.5. The zero-order valence-electron chi connectivity index (χ0n) is 13.1. The summed E-state index contributed by atoms with van der Waals surface area (Å²) in [7, 11) is 0. The van der Waals surface area contributed by atoms with E-state index in [1.54, 1.807) is 0 Å². The van der Waals surface area contributed by atoms with Crippen LogP contribution in [0.4, 0.5) is 24.5 Å². The first-order chi connectivity index (χ1) is 10.8. The minimum absolute atomic E-state index is 0.122. The van der Waals surface area contributed by atoms with E-state index in [2.05, 4.69) is 10.6 Å². The van der Waals surface area contributed by atoms with Crippen LogP contribution in [0.5, 0.6) is 0 Å². The van der Waals surface area contributed by atoms with E-state index in [1.165, 1.54) is 0 Å². The van der Waals surface area contributed by atoms with Gasteiger partial charge in [-0.05, 0) is 44.0 Å². The second-order valence-corrected chi connectivity index (χ2v) is 5.40. The molecule has 0 aliphatic carbocycles. The Balaban J connectivity index is 2.06. The van der Waals surface area contributed by atoms with Crippen molar-refractivity contribution < 1.29 is 18.0 Å². The zero-order valence-corrected chi connectivity index (χ0v) is 13.1. The molecule has 23 heavy (non-hydrogen) atoms. The van der Waals surface area contributed by atoms with Crippen LogP contribution in [-0.4, -0.2) is 12.5 Å². The van der Waals surface area contributed by atoms with E-state index in [4.69, 9.17) is 0 Å². The van der Waals surface area contributed by atoms with Crippen LogP contribution in [0.1, 0.15) is 16.7 Å². The third-order valence-electron chi connectivity index (χ3n) is 3.41. The normalized spacial score (nSPS) is 10.5. The van der Waals surface area contributed by atoms with Crippen molar-refractivity contribution >= 4 is 17.3 Å². The van der Waals surface area contributed by atoms with E-state index in [-0.39, 0.29) is 6.54 Å².